The van der Waals surface area contributed by atoms with Gasteiger partial charge in [0.2, 0.25) is 20.0 Å². The zero-order chi connectivity index (χ0) is 22.5. The smallest absolute Gasteiger partial charge is 0.324 e. The molecule has 0 aliphatic carbocycles. The fourth-order valence-corrected chi connectivity index (χ4v) is 3.98. The number of ether oxygens (including phenoxy) is 1. The normalized spacial score (nSPS) is 12.8. The molecule has 1 amide bonds. The van der Waals surface area contributed by atoms with Gasteiger partial charge in [0, 0.05) is 10.7 Å². The van der Waals surface area contributed by atoms with Crippen LogP contribution in [0.1, 0.15) is 6.92 Å². The summed E-state index contributed by atoms with van der Waals surface area (Å²) in [5.41, 5.74) is 0.250. The Morgan fingerprint density at radius 3 is 2.07 bits per heavy atom. The number of hydrogen-bond donors (Lipinski definition) is 3. The molecule has 0 bridgehead atoms. The number of halogens is 1. The quantitative estimate of drug-likeness (QED) is 0.476. The highest BCUT2D eigenvalue weighted by atomic mass is 35.5. The van der Waals surface area contributed by atoms with Crippen molar-refractivity contribution >= 4 is 49.2 Å². The maximum Gasteiger partial charge on any atom is 0.324 e. The lowest BCUT2D eigenvalue weighted by molar-refractivity contribution is -0.148. The zero-order valence-electron chi connectivity index (χ0n) is 15.5. The second kappa shape index (κ2) is 9.53. The largest absolute Gasteiger partial charge is 0.454 e. The van der Waals surface area contributed by atoms with Crippen LogP contribution in [0.2, 0.25) is 5.02 Å². The van der Waals surface area contributed by atoms with Crippen LogP contribution in [0, 0.1) is 0 Å². The SMILES string of the molecule is C[C@H](NS(=O)(=O)c1ccc(Cl)cc1)C(=O)OCC(=O)Nc1ccc(S(N)(=O)=O)cc1. The van der Waals surface area contributed by atoms with Crippen molar-refractivity contribution in [2.75, 3.05) is 11.9 Å². The van der Waals surface area contributed by atoms with Gasteiger partial charge in [0.1, 0.15) is 6.04 Å². The van der Waals surface area contributed by atoms with Crippen molar-refractivity contribution < 1.29 is 31.2 Å². The Bertz CT molecular complexity index is 1130. The highest BCUT2D eigenvalue weighted by molar-refractivity contribution is 7.89. The Labute approximate surface area is 178 Å². The first kappa shape index (κ1) is 23.8. The summed E-state index contributed by atoms with van der Waals surface area (Å²) < 4.78 is 53.8. The van der Waals surface area contributed by atoms with Crippen LogP contribution in [-0.2, 0) is 34.4 Å². The summed E-state index contributed by atoms with van der Waals surface area (Å²) in [6.45, 7) is 0.586. The van der Waals surface area contributed by atoms with Crippen molar-refractivity contribution in [3.05, 3.63) is 53.6 Å². The maximum absolute atomic E-state index is 12.2. The van der Waals surface area contributed by atoms with Crippen LogP contribution in [0.5, 0.6) is 0 Å². The van der Waals surface area contributed by atoms with E-state index in [-0.39, 0.29) is 15.5 Å². The first-order chi connectivity index (χ1) is 13.9. The van der Waals surface area contributed by atoms with Crippen LogP contribution in [0.15, 0.2) is 58.3 Å². The minimum Gasteiger partial charge on any atom is -0.454 e. The lowest BCUT2D eigenvalue weighted by atomic mass is 10.3. The van der Waals surface area contributed by atoms with Crippen LogP contribution in [0.3, 0.4) is 0 Å². The third kappa shape index (κ3) is 6.78. The van der Waals surface area contributed by atoms with Gasteiger partial charge in [-0.25, -0.2) is 22.0 Å². The molecule has 0 fully saturated rings. The van der Waals surface area contributed by atoms with Crippen LogP contribution in [-0.4, -0.2) is 41.4 Å². The van der Waals surface area contributed by atoms with Crippen molar-refractivity contribution in [2.45, 2.75) is 22.8 Å². The van der Waals surface area contributed by atoms with Gasteiger partial charge in [0.05, 0.1) is 9.79 Å². The van der Waals surface area contributed by atoms with Gasteiger partial charge in [-0.2, -0.15) is 4.72 Å². The van der Waals surface area contributed by atoms with Gasteiger partial charge < -0.3 is 10.1 Å². The molecule has 0 radical (unpaired) electrons. The van der Waals surface area contributed by atoms with E-state index in [9.17, 15) is 26.4 Å². The number of esters is 1. The molecular weight excluding hydrogens is 458 g/mol. The monoisotopic (exact) mass is 475 g/mol. The van der Waals surface area contributed by atoms with Crippen LogP contribution >= 0.6 is 11.6 Å². The molecule has 1 atom stereocenters. The molecule has 0 saturated carbocycles. The van der Waals surface area contributed by atoms with Gasteiger partial charge >= 0.3 is 5.97 Å². The number of carbonyl (C=O) groups excluding carboxylic acids is 2. The average molecular weight is 476 g/mol. The summed E-state index contributed by atoms with van der Waals surface area (Å²) in [5, 5.41) is 7.72. The van der Waals surface area contributed by atoms with Crippen LogP contribution < -0.4 is 15.2 Å². The van der Waals surface area contributed by atoms with E-state index in [1.54, 1.807) is 0 Å². The molecule has 2 aromatic rings. The third-order valence-corrected chi connectivity index (χ3v) is 6.36. The second-order valence-electron chi connectivity index (χ2n) is 6.02. The van der Waals surface area contributed by atoms with E-state index in [4.69, 9.17) is 21.5 Å². The van der Waals surface area contributed by atoms with E-state index in [1.807, 2.05) is 0 Å². The zero-order valence-corrected chi connectivity index (χ0v) is 17.9. The minimum atomic E-state index is -3.99. The van der Waals surface area contributed by atoms with E-state index in [0.29, 0.717) is 5.02 Å². The number of anilines is 1. The molecule has 4 N–H and O–H groups in total. The minimum absolute atomic E-state index is 0.0905. The Morgan fingerprint density at radius 1 is 1.00 bits per heavy atom. The molecule has 2 aromatic carbocycles. The number of nitrogens with two attached hydrogens (primary N) is 1. The molecule has 0 saturated heterocycles. The van der Waals surface area contributed by atoms with E-state index in [0.717, 1.165) is 0 Å². The Kier molecular flexibility index (Phi) is 7.55. The van der Waals surface area contributed by atoms with E-state index < -0.39 is 44.6 Å². The molecule has 0 aliphatic heterocycles. The summed E-state index contributed by atoms with van der Waals surface area (Å²) in [6, 6.07) is 9.08. The second-order valence-corrected chi connectivity index (χ2v) is 9.73. The van der Waals surface area contributed by atoms with Gasteiger partial charge in [0.15, 0.2) is 6.61 Å². The number of amides is 1. The van der Waals surface area contributed by atoms with Gasteiger partial charge in [0.25, 0.3) is 5.91 Å². The number of benzene rings is 2. The first-order valence-corrected chi connectivity index (χ1v) is 11.7. The van der Waals surface area contributed by atoms with Gasteiger partial charge in [-0.3, -0.25) is 9.59 Å². The van der Waals surface area contributed by atoms with E-state index in [1.165, 1.54) is 55.5 Å². The first-order valence-electron chi connectivity index (χ1n) is 8.26. The molecule has 0 unspecified atom stereocenters. The van der Waals surface area contributed by atoms with Crippen molar-refractivity contribution in [1.82, 2.24) is 4.72 Å². The topological polar surface area (TPSA) is 162 Å². The van der Waals surface area contributed by atoms with Crippen molar-refractivity contribution in [3.63, 3.8) is 0 Å². The predicted molar refractivity (Wildman–Crippen MR) is 109 cm³/mol. The van der Waals surface area contributed by atoms with Gasteiger partial charge in [-0.05, 0) is 55.5 Å². The summed E-state index contributed by atoms with van der Waals surface area (Å²) in [5.74, 6) is -1.67. The summed E-state index contributed by atoms with van der Waals surface area (Å²) >= 11 is 5.71. The van der Waals surface area contributed by atoms with Gasteiger partial charge in [-0.15, -0.1) is 0 Å². The molecule has 0 aliphatic rings. The molecule has 0 heterocycles. The summed E-state index contributed by atoms with van der Waals surface area (Å²) in [4.78, 5) is 23.6. The maximum atomic E-state index is 12.2. The molecule has 30 heavy (non-hydrogen) atoms. The van der Waals surface area contributed by atoms with Crippen LogP contribution in [0.4, 0.5) is 5.69 Å². The fourth-order valence-electron chi connectivity index (χ4n) is 2.15. The highest BCUT2D eigenvalue weighted by Gasteiger charge is 2.23. The van der Waals surface area contributed by atoms with Gasteiger partial charge in [-0.1, -0.05) is 11.6 Å². The van der Waals surface area contributed by atoms with E-state index >= 15 is 0 Å². The summed E-state index contributed by atoms with van der Waals surface area (Å²) in [6.07, 6.45) is 0. The Morgan fingerprint density at radius 2 is 1.53 bits per heavy atom. The van der Waals surface area contributed by atoms with Crippen molar-refractivity contribution in [2.24, 2.45) is 5.14 Å². The Hall–Kier alpha value is -2.51. The highest BCUT2D eigenvalue weighted by Crippen LogP contribution is 2.15. The average Bonchev–Trinajstić information content (AvgIpc) is 2.65. The lowest BCUT2D eigenvalue weighted by Gasteiger charge is -2.14. The predicted octanol–water partition coefficient (Wildman–Crippen LogP) is 0.836. The van der Waals surface area contributed by atoms with E-state index in [2.05, 4.69) is 10.0 Å². The number of primary sulfonamides is 1. The number of carbonyl (C=O) groups is 2. The number of rotatable bonds is 8. The number of sulfonamides is 2. The third-order valence-electron chi connectivity index (χ3n) is 3.62. The van der Waals surface area contributed by atoms with Crippen molar-refractivity contribution in [3.8, 4) is 0 Å². The molecule has 162 valence electrons. The fraction of sp³-hybridized carbons (Fsp3) is 0.176. The summed E-state index contributed by atoms with van der Waals surface area (Å²) in [7, 11) is -7.85. The number of hydrogen-bond acceptors (Lipinski definition) is 7. The molecule has 2 rings (SSSR count). The lowest BCUT2D eigenvalue weighted by Crippen LogP contribution is -2.40. The molecule has 10 nitrogen and oxygen atoms in total. The molecule has 13 heteroatoms. The van der Waals surface area contributed by atoms with Crippen molar-refractivity contribution in [1.29, 1.82) is 0 Å². The Balaban J connectivity index is 1.88. The molecule has 0 spiro atoms. The molecular formula is C17H18ClN3O7S2. The standard InChI is InChI=1S/C17H18ClN3O7S2/c1-11(21-30(26,27)15-6-2-12(18)3-7-15)17(23)28-10-16(22)20-13-4-8-14(9-5-13)29(19,24)25/h2-9,11,21H,10H2,1H3,(H,20,22)(H2,19,24,25)/t11-/m0/s1. The number of nitrogens with one attached hydrogen (secondary N) is 2. The molecule has 0 aromatic heterocycles. The van der Waals surface area contributed by atoms with Crippen LogP contribution in [0.25, 0.3) is 0 Å².